The molecular weight excluding hydrogens is 262 g/mol. The van der Waals surface area contributed by atoms with Crippen molar-refractivity contribution >= 4 is 29.1 Å². The molecule has 0 radical (unpaired) electrons. The molecule has 2 aromatic rings. The Bertz CT molecular complexity index is 573. The fourth-order valence-electron chi connectivity index (χ4n) is 1.71. The topological polar surface area (TPSA) is 122 Å². The van der Waals surface area contributed by atoms with Crippen LogP contribution in [0.3, 0.4) is 0 Å². The number of hydrogen-bond donors (Lipinski definition) is 3. The fraction of sp³-hybridized carbons (Fsp3) is 0.364. The first-order valence-electron chi connectivity index (χ1n) is 5.90. The molecule has 0 saturated carbocycles. The highest BCUT2D eigenvalue weighted by Crippen LogP contribution is 2.32. The van der Waals surface area contributed by atoms with Gasteiger partial charge in [0.2, 0.25) is 0 Å². The number of nitrogen functional groups attached to an aromatic ring is 3. The SMILES string of the molecule is CCCc1nn(C)c(Sc2nc(N)cc(N)n2)c1N. The van der Waals surface area contributed by atoms with E-state index >= 15 is 0 Å². The van der Waals surface area contributed by atoms with Gasteiger partial charge in [-0.25, -0.2) is 9.97 Å². The third kappa shape index (κ3) is 2.90. The second kappa shape index (κ2) is 5.35. The third-order valence-corrected chi connectivity index (χ3v) is 3.57. The zero-order valence-corrected chi connectivity index (χ0v) is 11.7. The average molecular weight is 279 g/mol. The normalized spacial score (nSPS) is 10.8. The van der Waals surface area contributed by atoms with Gasteiger partial charge in [0.05, 0.1) is 11.4 Å². The number of aromatic nitrogens is 4. The van der Waals surface area contributed by atoms with Crippen LogP contribution in [0.5, 0.6) is 0 Å². The number of nitrogens with two attached hydrogens (primary N) is 3. The van der Waals surface area contributed by atoms with E-state index in [1.807, 2.05) is 7.05 Å². The van der Waals surface area contributed by atoms with Crippen LogP contribution in [-0.4, -0.2) is 19.7 Å². The first-order chi connectivity index (χ1) is 9.01. The maximum Gasteiger partial charge on any atom is 0.197 e. The maximum absolute atomic E-state index is 6.09. The molecule has 0 amide bonds. The van der Waals surface area contributed by atoms with E-state index in [0.29, 0.717) is 22.5 Å². The third-order valence-electron chi connectivity index (χ3n) is 2.53. The van der Waals surface area contributed by atoms with Crippen LogP contribution in [-0.2, 0) is 13.5 Å². The zero-order chi connectivity index (χ0) is 14.0. The summed E-state index contributed by atoms with van der Waals surface area (Å²) in [6.07, 6.45) is 1.84. The molecule has 0 bridgehead atoms. The van der Waals surface area contributed by atoms with Crippen LogP contribution >= 0.6 is 11.8 Å². The first kappa shape index (κ1) is 13.5. The van der Waals surface area contributed by atoms with Crippen molar-refractivity contribution in [2.24, 2.45) is 7.05 Å². The summed E-state index contributed by atoms with van der Waals surface area (Å²) < 4.78 is 1.73. The van der Waals surface area contributed by atoms with E-state index in [9.17, 15) is 0 Å². The molecule has 0 unspecified atom stereocenters. The van der Waals surface area contributed by atoms with E-state index in [0.717, 1.165) is 23.6 Å². The summed E-state index contributed by atoms with van der Waals surface area (Å²) in [6.45, 7) is 2.09. The second-order valence-corrected chi connectivity index (χ2v) is 5.10. The van der Waals surface area contributed by atoms with E-state index in [1.54, 1.807) is 4.68 Å². The van der Waals surface area contributed by atoms with Crippen LogP contribution in [0, 0.1) is 0 Å². The summed E-state index contributed by atoms with van der Waals surface area (Å²) >= 11 is 1.31. The Kier molecular flexibility index (Phi) is 3.79. The molecule has 0 aliphatic rings. The maximum atomic E-state index is 6.09. The average Bonchev–Trinajstić information content (AvgIpc) is 2.56. The number of hydrogen-bond acceptors (Lipinski definition) is 7. The lowest BCUT2D eigenvalue weighted by atomic mass is 10.2. The molecule has 0 spiro atoms. The molecule has 6 N–H and O–H groups in total. The Hall–Kier alpha value is -1.96. The Morgan fingerprint density at radius 2 is 1.84 bits per heavy atom. The van der Waals surface area contributed by atoms with Crippen molar-refractivity contribution in [3.05, 3.63) is 11.8 Å². The summed E-state index contributed by atoms with van der Waals surface area (Å²) in [5.74, 6) is 0.675. The molecule has 0 aliphatic carbocycles. The Labute approximate surface area is 115 Å². The predicted molar refractivity (Wildman–Crippen MR) is 76.6 cm³/mol. The van der Waals surface area contributed by atoms with Gasteiger partial charge in [-0.05, 0) is 18.2 Å². The van der Waals surface area contributed by atoms with Crippen LogP contribution in [0.1, 0.15) is 19.0 Å². The number of anilines is 3. The minimum Gasteiger partial charge on any atom is -0.395 e. The molecule has 2 aromatic heterocycles. The Morgan fingerprint density at radius 3 is 2.42 bits per heavy atom. The van der Waals surface area contributed by atoms with Crippen molar-refractivity contribution in [1.29, 1.82) is 0 Å². The van der Waals surface area contributed by atoms with Crippen LogP contribution in [0.2, 0.25) is 0 Å². The van der Waals surface area contributed by atoms with Crippen molar-refractivity contribution in [3.8, 4) is 0 Å². The van der Waals surface area contributed by atoms with E-state index in [1.165, 1.54) is 17.8 Å². The summed E-state index contributed by atoms with van der Waals surface area (Å²) in [5, 5.41) is 5.66. The monoisotopic (exact) mass is 279 g/mol. The molecule has 0 saturated heterocycles. The van der Waals surface area contributed by atoms with Crippen molar-refractivity contribution in [2.45, 2.75) is 29.9 Å². The molecule has 0 aliphatic heterocycles. The minimum atomic E-state index is 0.338. The lowest BCUT2D eigenvalue weighted by Gasteiger charge is -2.03. The summed E-state index contributed by atoms with van der Waals surface area (Å²) in [5.41, 5.74) is 18.9. The van der Waals surface area contributed by atoms with Crippen molar-refractivity contribution in [3.63, 3.8) is 0 Å². The zero-order valence-electron chi connectivity index (χ0n) is 10.9. The summed E-state index contributed by atoms with van der Waals surface area (Å²) in [7, 11) is 1.84. The van der Waals surface area contributed by atoms with E-state index < -0.39 is 0 Å². The van der Waals surface area contributed by atoms with Gasteiger partial charge in [-0.15, -0.1) is 0 Å². The fourth-order valence-corrected chi connectivity index (χ4v) is 2.59. The van der Waals surface area contributed by atoms with Crippen LogP contribution < -0.4 is 17.2 Å². The van der Waals surface area contributed by atoms with Gasteiger partial charge in [0, 0.05) is 13.1 Å². The van der Waals surface area contributed by atoms with Crippen LogP contribution in [0.15, 0.2) is 16.2 Å². The van der Waals surface area contributed by atoms with Gasteiger partial charge < -0.3 is 17.2 Å². The van der Waals surface area contributed by atoms with E-state index in [4.69, 9.17) is 17.2 Å². The first-order valence-corrected chi connectivity index (χ1v) is 6.72. The van der Waals surface area contributed by atoms with Crippen molar-refractivity contribution in [2.75, 3.05) is 17.2 Å². The standard InChI is InChI=1S/C11H17N7S/c1-3-4-6-9(14)10(18(2)17-6)19-11-15-7(12)5-8(13)16-11/h5H,3-4,14H2,1-2H3,(H4,12,13,15,16). The lowest BCUT2D eigenvalue weighted by molar-refractivity contribution is 0.680. The number of nitrogens with zero attached hydrogens (tertiary/aromatic N) is 4. The van der Waals surface area contributed by atoms with Gasteiger partial charge >= 0.3 is 0 Å². The molecule has 7 nitrogen and oxygen atoms in total. The van der Waals surface area contributed by atoms with Crippen LogP contribution in [0.4, 0.5) is 17.3 Å². The second-order valence-electron chi connectivity index (χ2n) is 4.14. The molecule has 8 heteroatoms. The van der Waals surface area contributed by atoms with Gasteiger partial charge in [-0.3, -0.25) is 4.68 Å². The van der Waals surface area contributed by atoms with Gasteiger partial charge in [0.25, 0.3) is 0 Å². The molecular formula is C11H17N7S. The Morgan fingerprint density at radius 1 is 1.21 bits per heavy atom. The highest BCUT2D eigenvalue weighted by atomic mass is 32.2. The highest BCUT2D eigenvalue weighted by Gasteiger charge is 2.15. The van der Waals surface area contributed by atoms with Crippen molar-refractivity contribution < 1.29 is 0 Å². The van der Waals surface area contributed by atoms with Gasteiger partial charge in [-0.1, -0.05) is 13.3 Å². The summed E-state index contributed by atoms with van der Waals surface area (Å²) in [6, 6.07) is 1.51. The smallest absolute Gasteiger partial charge is 0.197 e. The molecule has 2 heterocycles. The van der Waals surface area contributed by atoms with Crippen LogP contribution in [0.25, 0.3) is 0 Å². The van der Waals surface area contributed by atoms with Gasteiger partial charge in [0.15, 0.2) is 5.16 Å². The largest absolute Gasteiger partial charge is 0.395 e. The Balaban J connectivity index is 2.32. The quantitative estimate of drug-likeness (QED) is 0.715. The van der Waals surface area contributed by atoms with E-state index in [2.05, 4.69) is 22.0 Å². The van der Waals surface area contributed by atoms with Crippen molar-refractivity contribution in [1.82, 2.24) is 19.7 Å². The van der Waals surface area contributed by atoms with Gasteiger partial charge in [-0.2, -0.15) is 5.10 Å². The molecule has 0 aromatic carbocycles. The molecule has 102 valence electrons. The van der Waals surface area contributed by atoms with E-state index in [-0.39, 0.29) is 0 Å². The highest BCUT2D eigenvalue weighted by molar-refractivity contribution is 7.99. The molecule has 0 atom stereocenters. The predicted octanol–water partition coefficient (Wildman–Crippen LogP) is 1.06. The molecule has 2 rings (SSSR count). The molecule has 0 fully saturated rings. The molecule has 19 heavy (non-hydrogen) atoms. The number of rotatable bonds is 4. The lowest BCUT2D eigenvalue weighted by Crippen LogP contribution is -2.01. The minimum absolute atomic E-state index is 0.338. The van der Waals surface area contributed by atoms with Gasteiger partial charge in [0.1, 0.15) is 16.7 Å². The number of aryl methyl sites for hydroxylation is 2. The summed E-state index contributed by atoms with van der Waals surface area (Å²) in [4.78, 5) is 8.24.